The van der Waals surface area contributed by atoms with Crippen LogP contribution in [-0.4, -0.2) is 18.2 Å². The number of carbonyl (C=O) groups excluding carboxylic acids is 1. The molecular formula is C15H13ClN2O2. The van der Waals surface area contributed by atoms with Crippen molar-refractivity contribution < 1.29 is 9.53 Å². The van der Waals surface area contributed by atoms with Gasteiger partial charge in [-0.05, 0) is 43.5 Å². The van der Waals surface area contributed by atoms with E-state index in [0.717, 1.165) is 18.4 Å². The Labute approximate surface area is 122 Å². The molecule has 1 aliphatic carbocycles. The second kappa shape index (κ2) is 4.53. The lowest BCUT2D eigenvalue weighted by Gasteiger charge is -2.20. The summed E-state index contributed by atoms with van der Waals surface area (Å²) in [5.41, 5.74) is 1.35. The number of allylic oxidation sites excluding steroid dienone is 1. The topological polar surface area (TPSA) is 53.3 Å². The Balaban J connectivity index is 1.98. The first-order valence-electron chi connectivity index (χ1n) is 6.44. The number of carbonyl (C=O) groups is 1. The quantitative estimate of drug-likeness (QED) is 0.742. The van der Waals surface area contributed by atoms with E-state index in [1.54, 1.807) is 24.0 Å². The lowest BCUT2D eigenvalue weighted by molar-refractivity contribution is 0.0940. The molecule has 1 heterocycles. The standard InChI is InChI=1S/C15H13ClN2O2/c1-10-12(5-4-11(8-17)13(10)16)18-9-15(20-14(18)19)6-2-3-7-15/h2,4-6H,3,7,9H2,1H3/t15-/m1/s1. The van der Waals surface area contributed by atoms with Gasteiger partial charge >= 0.3 is 6.09 Å². The highest BCUT2D eigenvalue weighted by molar-refractivity contribution is 6.33. The number of halogens is 1. The molecule has 1 aliphatic heterocycles. The first kappa shape index (κ1) is 13.0. The van der Waals surface area contributed by atoms with Crippen LogP contribution in [0.4, 0.5) is 10.5 Å². The summed E-state index contributed by atoms with van der Waals surface area (Å²) in [7, 11) is 0. The van der Waals surface area contributed by atoms with Crippen molar-refractivity contribution in [2.24, 2.45) is 0 Å². The fourth-order valence-corrected chi connectivity index (χ4v) is 2.96. The fourth-order valence-electron chi connectivity index (χ4n) is 2.76. The van der Waals surface area contributed by atoms with E-state index in [0.29, 0.717) is 22.8 Å². The fraction of sp³-hybridized carbons (Fsp3) is 0.333. The van der Waals surface area contributed by atoms with Gasteiger partial charge in [-0.2, -0.15) is 5.26 Å². The van der Waals surface area contributed by atoms with E-state index in [2.05, 4.69) is 0 Å². The molecule has 102 valence electrons. The molecule has 0 radical (unpaired) electrons. The summed E-state index contributed by atoms with van der Waals surface area (Å²) in [6.07, 6.45) is 5.38. The zero-order valence-electron chi connectivity index (χ0n) is 11.0. The molecule has 4 nitrogen and oxygen atoms in total. The highest BCUT2D eigenvalue weighted by Crippen LogP contribution is 2.38. The van der Waals surface area contributed by atoms with Gasteiger partial charge < -0.3 is 4.74 Å². The van der Waals surface area contributed by atoms with E-state index in [1.807, 2.05) is 18.2 Å². The number of benzene rings is 1. The molecule has 0 bridgehead atoms. The summed E-state index contributed by atoms with van der Waals surface area (Å²) >= 11 is 6.16. The predicted molar refractivity (Wildman–Crippen MR) is 75.8 cm³/mol. The van der Waals surface area contributed by atoms with Crippen LogP contribution in [0.5, 0.6) is 0 Å². The minimum absolute atomic E-state index is 0.361. The molecule has 1 amide bonds. The average Bonchev–Trinajstić information content (AvgIpc) is 3.00. The summed E-state index contributed by atoms with van der Waals surface area (Å²) in [6, 6.07) is 5.42. The molecule has 1 aromatic carbocycles. The highest BCUT2D eigenvalue weighted by atomic mass is 35.5. The Kier molecular flexibility index (Phi) is 2.95. The third kappa shape index (κ3) is 1.86. The van der Waals surface area contributed by atoms with Gasteiger partial charge in [0.25, 0.3) is 0 Å². The summed E-state index contributed by atoms with van der Waals surface area (Å²) in [5.74, 6) is 0. The molecule has 5 heteroatoms. The van der Waals surface area contributed by atoms with Gasteiger partial charge in [-0.3, -0.25) is 4.90 Å². The maximum absolute atomic E-state index is 12.1. The minimum atomic E-state index is -0.496. The second-order valence-corrected chi connectivity index (χ2v) is 5.52. The van der Waals surface area contributed by atoms with Crippen LogP contribution < -0.4 is 4.90 Å². The second-order valence-electron chi connectivity index (χ2n) is 5.14. The Morgan fingerprint density at radius 3 is 2.95 bits per heavy atom. The molecule has 20 heavy (non-hydrogen) atoms. The van der Waals surface area contributed by atoms with Gasteiger partial charge in [-0.15, -0.1) is 0 Å². The molecule has 1 aromatic rings. The predicted octanol–water partition coefficient (Wildman–Crippen LogP) is 3.57. The molecule has 1 fully saturated rings. The first-order valence-corrected chi connectivity index (χ1v) is 6.81. The van der Waals surface area contributed by atoms with Crippen molar-refractivity contribution in [3.8, 4) is 6.07 Å². The molecule has 0 aromatic heterocycles. The van der Waals surface area contributed by atoms with Crippen LogP contribution in [0.15, 0.2) is 24.3 Å². The van der Waals surface area contributed by atoms with Crippen LogP contribution in [0.25, 0.3) is 0 Å². The van der Waals surface area contributed by atoms with Crippen molar-refractivity contribution >= 4 is 23.4 Å². The largest absolute Gasteiger partial charge is 0.436 e. The van der Waals surface area contributed by atoms with Crippen LogP contribution in [0.2, 0.25) is 5.02 Å². The summed E-state index contributed by atoms with van der Waals surface area (Å²) < 4.78 is 5.52. The Morgan fingerprint density at radius 2 is 2.30 bits per heavy atom. The van der Waals surface area contributed by atoms with Crippen molar-refractivity contribution in [2.75, 3.05) is 11.4 Å². The van der Waals surface area contributed by atoms with Gasteiger partial charge in [-0.1, -0.05) is 17.7 Å². The zero-order chi connectivity index (χ0) is 14.3. The van der Waals surface area contributed by atoms with Crippen molar-refractivity contribution in [2.45, 2.75) is 25.4 Å². The van der Waals surface area contributed by atoms with Crippen LogP contribution in [0.1, 0.15) is 24.0 Å². The molecule has 2 aliphatic rings. The van der Waals surface area contributed by atoms with Crippen LogP contribution in [-0.2, 0) is 4.74 Å². The highest BCUT2D eigenvalue weighted by Gasteiger charge is 2.45. The normalized spacial score (nSPS) is 24.2. The third-order valence-electron chi connectivity index (χ3n) is 3.86. The van der Waals surface area contributed by atoms with Gasteiger partial charge in [0.2, 0.25) is 0 Å². The number of nitriles is 1. The van der Waals surface area contributed by atoms with E-state index in [1.165, 1.54) is 0 Å². The molecule has 1 saturated heterocycles. The summed E-state index contributed by atoms with van der Waals surface area (Å²) in [5, 5.41) is 9.36. The van der Waals surface area contributed by atoms with E-state index >= 15 is 0 Å². The van der Waals surface area contributed by atoms with Crippen molar-refractivity contribution in [1.82, 2.24) is 0 Å². The maximum Gasteiger partial charge on any atom is 0.415 e. The summed E-state index contributed by atoms with van der Waals surface area (Å²) in [4.78, 5) is 13.7. The Morgan fingerprint density at radius 1 is 1.50 bits per heavy atom. The van der Waals surface area contributed by atoms with Gasteiger partial charge in [-0.25, -0.2) is 4.79 Å². The van der Waals surface area contributed by atoms with Gasteiger partial charge in [0.1, 0.15) is 6.07 Å². The molecule has 1 atom stereocenters. The number of ether oxygens (including phenoxy) is 1. The number of rotatable bonds is 1. The number of amides is 1. The average molecular weight is 289 g/mol. The lowest BCUT2D eigenvalue weighted by atomic mass is 10.0. The lowest BCUT2D eigenvalue weighted by Crippen LogP contribution is -2.31. The van der Waals surface area contributed by atoms with E-state index in [4.69, 9.17) is 21.6 Å². The molecule has 0 saturated carbocycles. The Bertz CT molecular complexity index is 663. The summed E-state index contributed by atoms with van der Waals surface area (Å²) in [6.45, 7) is 2.30. The van der Waals surface area contributed by atoms with E-state index < -0.39 is 5.60 Å². The van der Waals surface area contributed by atoms with Crippen LogP contribution >= 0.6 is 11.6 Å². The van der Waals surface area contributed by atoms with E-state index in [9.17, 15) is 4.79 Å². The van der Waals surface area contributed by atoms with Crippen molar-refractivity contribution in [3.05, 3.63) is 40.4 Å². The zero-order valence-corrected chi connectivity index (χ0v) is 11.8. The number of nitrogens with zero attached hydrogens (tertiary/aromatic N) is 2. The Hall–Kier alpha value is -1.99. The smallest absolute Gasteiger partial charge is 0.415 e. The van der Waals surface area contributed by atoms with Crippen LogP contribution in [0.3, 0.4) is 0 Å². The molecule has 1 spiro atoms. The molecular weight excluding hydrogens is 276 g/mol. The maximum atomic E-state index is 12.1. The van der Waals surface area contributed by atoms with Crippen molar-refractivity contribution in [3.63, 3.8) is 0 Å². The monoisotopic (exact) mass is 288 g/mol. The van der Waals surface area contributed by atoms with Gasteiger partial charge in [0.05, 0.1) is 22.8 Å². The van der Waals surface area contributed by atoms with Gasteiger partial charge in [0.15, 0.2) is 5.60 Å². The van der Waals surface area contributed by atoms with Gasteiger partial charge in [0, 0.05) is 0 Å². The minimum Gasteiger partial charge on any atom is -0.436 e. The SMILES string of the molecule is Cc1c(N2C[C@]3(C=CCC3)OC2=O)ccc(C#N)c1Cl. The van der Waals surface area contributed by atoms with Crippen LogP contribution in [0, 0.1) is 18.3 Å². The third-order valence-corrected chi connectivity index (χ3v) is 4.35. The molecule has 0 N–H and O–H groups in total. The number of hydrogen-bond donors (Lipinski definition) is 0. The van der Waals surface area contributed by atoms with E-state index in [-0.39, 0.29) is 6.09 Å². The molecule has 0 unspecified atom stereocenters. The van der Waals surface area contributed by atoms with Crippen molar-refractivity contribution in [1.29, 1.82) is 5.26 Å². The molecule has 3 rings (SSSR count). The first-order chi connectivity index (χ1) is 9.56. The number of hydrogen-bond acceptors (Lipinski definition) is 3. The number of anilines is 1.